The second-order valence-electron chi connectivity index (χ2n) is 5.01. The van der Waals surface area contributed by atoms with E-state index in [2.05, 4.69) is 15.2 Å². The normalized spacial score (nSPS) is 19.4. The lowest BCUT2D eigenvalue weighted by Crippen LogP contribution is -2.39. The summed E-state index contributed by atoms with van der Waals surface area (Å²) in [6.45, 7) is 5.67. The van der Waals surface area contributed by atoms with E-state index in [1.165, 1.54) is 19.2 Å². The number of hydrogen-bond acceptors (Lipinski definition) is 5. The van der Waals surface area contributed by atoms with Gasteiger partial charge in [-0.2, -0.15) is 0 Å². The first-order valence-corrected chi connectivity index (χ1v) is 6.74. The minimum atomic E-state index is -0.406. The van der Waals surface area contributed by atoms with E-state index >= 15 is 0 Å². The van der Waals surface area contributed by atoms with Gasteiger partial charge in [0, 0.05) is 20.1 Å². The smallest absolute Gasteiger partial charge is 0.358 e. The molecule has 0 bridgehead atoms. The molecule has 0 aliphatic carbocycles. The second kappa shape index (κ2) is 6.01. The van der Waals surface area contributed by atoms with Crippen molar-refractivity contribution < 1.29 is 4.92 Å². The molecule has 7 nitrogen and oxygen atoms in total. The number of rotatable bonds is 5. The molecule has 7 heteroatoms. The summed E-state index contributed by atoms with van der Waals surface area (Å²) in [5, 5.41) is 14.4. The van der Waals surface area contributed by atoms with Crippen molar-refractivity contribution in [2.45, 2.75) is 19.8 Å². The lowest BCUT2D eigenvalue weighted by molar-refractivity contribution is -0.388. The summed E-state index contributed by atoms with van der Waals surface area (Å²) in [6, 6.07) is 0. The third-order valence-electron chi connectivity index (χ3n) is 3.62. The topological polar surface area (TPSA) is 76.2 Å². The minimum absolute atomic E-state index is 0.0480. The van der Waals surface area contributed by atoms with Crippen molar-refractivity contribution in [2.75, 3.05) is 31.1 Å². The Balaban J connectivity index is 2.16. The Bertz CT molecular complexity index is 439. The van der Waals surface area contributed by atoms with Crippen LogP contribution in [0.25, 0.3) is 0 Å². The first-order valence-electron chi connectivity index (χ1n) is 6.74. The third-order valence-corrected chi connectivity index (χ3v) is 3.62. The fourth-order valence-corrected chi connectivity index (χ4v) is 2.66. The monoisotopic (exact) mass is 267 g/mol. The zero-order valence-electron chi connectivity index (χ0n) is 11.5. The molecule has 1 aromatic rings. The molecule has 2 rings (SSSR count). The number of piperidine rings is 1. The summed E-state index contributed by atoms with van der Waals surface area (Å²) in [4.78, 5) is 16.6. The van der Waals surface area contributed by atoms with E-state index in [1.807, 2.05) is 6.92 Å². The Morgan fingerprint density at radius 1 is 1.68 bits per heavy atom. The van der Waals surface area contributed by atoms with Crippen LogP contribution in [0.2, 0.25) is 0 Å². The van der Waals surface area contributed by atoms with Gasteiger partial charge in [0.25, 0.3) is 0 Å². The van der Waals surface area contributed by atoms with Gasteiger partial charge in [-0.3, -0.25) is 4.57 Å². The SMILES string of the molecule is CCN(CC1CCCNC1)c1c([N+](=O)[O-])ncn1C. The van der Waals surface area contributed by atoms with Crippen LogP contribution in [-0.2, 0) is 7.05 Å². The molecule has 1 saturated heterocycles. The van der Waals surface area contributed by atoms with E-state index in [0.717, 1.165) is 26.2 Å². The maximum absolute atomic E-state index is 11.0. The fraction of sp³-hybridized carbons (Fsp3) is 0.750. The number of nitro groups is 1. The molecule has 0 saturated carbocycles. The summed E-state index contributed by atoms with van der Waals surface area (Å²) in [7, 11) is 1.80. The summed E-state index contributed by atoms with van der Waals surface area (Å²) in [5.41, 5.74) is 0. The van der Waals surface area contributed by atoms with Gasteiger partial charge in [-0.15, -0.1) is 0 Å². The summed E-state index contributed by atoms with van der Waals surface area (Å²) in [5.74, 6) is 1.11. The third kappa shape index (κ3) is 3.04. The van der Waals surface area contributed by atoms with Crippen molar-refractivity contribution in [3.63, 3.8) is 0 Å². The van der Waals surface area contributed by atoms with Gasteiger partial charge in [-0.05, 0) is 48.7 Å². The zero-order chi connectivity index (χ0) is 13.8. The number of aryl methyl sites for hydroxylation is 1. The summed E-state index contributed by atoms with van der Waals surface area (Å²) in [6.07, 6.45) is 3.86. The lowest BCUT2D eigenvalue weighted by Gasteiger charge is -2.30. The quantitative estimate of drug-likeness (QED) is 0.640. The van der Waals surface area contributed by atoms with Gasteiger partial charge < -0.3 is 20.3 Å². The van der Waals surface area contributed by atoms with E-state index in [4.69, 9.17) is 0 Å². The molecule has 2 heterocycles. The van der Waals surface area contributed by atoms with Crippen molar-refractivity contribution in [3.05, 3.63) is 16.4 Å². The standard InChI is InChI=1S/C12H21N5O2/c1-3-16(8-10-5-4-6-13-7-10)12-11(17(18)19)14-9-15(12)2/h9-10,13H,3-8H2,1-2H3. The summed E-state index contributed by atoms with van der Waals surface area (Å²) < 4.78 is 1.73. The molecule has 1 aromatic heterocycles. The van der Waals surface area contributed by atoms with E-state index < -0.39 is 4.92 Å². The first-order chi connectivity index (χ1) is 9.13. The maximum atomic E-state index is 11.0. The molecular weight excluding hydrogens is 246 g/mol. The summed E-state index contributed by atoms with van der Waals surface area (Å²) >= 11 is 0. The average Bonchev–Trinajstić information content (AvgIpc) is 2.79. The molecule has 1 atom stereocenters. The predicted octanol–water partition coefficient (Wildman–Crippen LogP) is 1.15. The Labute approximate surface area is 112 Å². The van der Waals surface area contributed by atoms with Crippen molar-refractivity contribution >= 4 is 11.6 Å². The molecule has 1 aliphatic rings. The van der Waals surface area contributed by atoms with Crippen molar-refractivity contribution in [3.8, 4) is 0 Å². The second-order valence-corrected chi connectivity index (χ2v) is 5.01. The van der Waals surface area contributed by atoms with E-state index in [0.29, 0.717) is 11.7 Å². The number of aromatic nitrogens is 2. The Morgan fingerprint density at radius 3 is 3.05 bits per heavy atom. The Hall–Kier alpha value is -1.63. The maximum Gasteiger partial charge on any atom is 0.406 e. The van der Waals surface area contributed by atoms with Gasteiger partial charge in [0.15, 0.2) is 0 Å². The molecule has 0 radical (unpaired) electrons. The molecule has 1 N–H and O–H groups in total. The highest BCUT2D eigenvalue weighted by Crippen LogP contribution is 2.27. The highest BCUT2D eigenvalue weighted by molar-refractivity contribution is 5.54. The minimum Gasteiger partial charge on any atom is -0.358 e. The number of nitrogens with one attached hydrogen (secondary N) is 1. The van der Waals surface area contributed by atoms with Crippen LogP contribution >= 0.6 is 0 Å². The van der Waals surface area contributed by atoms with Crippen LogP contribution in [0.15, 0.2) is 6.33 Å². The lowest BCUT2D eigenvalue weighted by atomic mass is 9.99. The Kier molecular flexibility index (Phi) is 4.36. The Morgan fingerprint density at radius 2 is 2.47 bits per heavy atom. The highest BCUT2D eigenvalue weighted by atomic mass is 16.6. The van der Waals surface area contributed by atoms with E-state index in [1.54, 1.807) is 11.6 Å². The van der Waals surface area contributed by atoms with Crippen LogP contribution in [0.3, 0.4) is 0 Å². The molecule has 106 valence electrons. The number of anilines is 1. The predicted molar refractivity (Wildman–Crippen MR) is 73.3 cm³/mol. The molecule has 1 fully saturated rings. The zero-order valence-corrected chi connectivity index (χ0v) is 11.5. The van der Waals surface area contributed by atoms with Crippen molar-refractivity contribution in [1.82, 2.24) is 14.9 Å². The molecule has 0 spiro atoms. The van der Waals surface area contributed by atoms with Crippen LogP contribution in [-0.4, -0.2) is 40.7 Å². The molecule has 1 aliphatic heterocycles. The van der Waals surface area contributed by atoms with Gasteiger partial charge in [0.05, 0.1) is 0 Å². The van der Waals surface area contributed by atoms with Gasteiger partial charge in [-0.25, -0.2) is 0 Å². The molecule has 0 amide bonds. The van der Waals surface area contributed by atoms with Crippen LogP contribution in [0, 0.1) is 16.0 Å². The number of nitrogens with zero attached hydrogens (tertiary/aromatic N) is 4. The molecule has 19 heavy (non-hydrogen) atoms. The van der Waals surface area contributed by atoms with Crippen LogP contribution in [0.1, 0.15) is 19.8 Å². The number of imidazole rings is 1. The van der Waals surface area contributed by atoms with Crippen LogP contribution in [0.5, 0.6) is 0 Å². The highest BCUT2D eigenvalue weighted by Gasteiger charge is 2.26. The molecular formula is C12H21N5O2. The van der Waals surface area contributed by atoms with Crippen molar-refractivity contribution in [1.29, 1.82) is 0 Å². The largest absolute Gasteiger partial charge is 0.406 e. The molecule has 0 aromatic carbocycles. The average molecular weight is 267 g/mol. The van der Waals surface area contributed by atoms with Crippen molar-refractivity contribution in [2.24, 2.45) is 13.0 Å². The van der Waals surface area contributed by atoms with Gasteiger partial charge >= 0.3 is 5.82 Å². The van der Waals surface area contributed by atoms with Crippen LogP contribution in [0.4, 0.5) is 11.6 Å². The van der Waals surface area contributed by atoms with E-state index in [9.17, 15) is 10.1 Å². The van der Waals surface area contributed by atoms with Gasteiger partial charge in [0.2, 0.25) is 12.1 Å². The van der Waals surface area contributed by atoms with Crippen LogP contribution < -0.4 is 10.2 Å². The van der Waals surface area contributed by atoms with E-state index in [-0.39, 0.29) is 5.82 Å². The fourth-order valence-electron chi connectivity index (χ4n) is 2.66. The number of hydrogen-bond donors (Lipinski definition) is 1. The first kappa shape index (κ1) is 13.8. The van der Waals surface area contributed by atoms with Gasteiger partial charge in [-0.1, -0.05) is 0 Å². The van der Waals surface area contributed by atoms with Gasteiger partial charge in [0.1, 0.15) is 0 Å². The molecule has 1 unspecified atom stereocenters.